The molecule has 3 aliphatic rings. The molecule has 13 nitrogen and oxygen atoms in total. The molecule has 9 N–H and O–H groups in total. The van der Waals surface area contributed by atoms with Gasteiger partial charge in [-0.05, 0) is 35.7 Å². The fourth-order valence-corrected chi connectivity index (χ4v) is 5.73. The van der Waals surface area contributed by atoms with Gasteiger partial charge in [0.15, 0.2) is 6.29 Å². The van der Waals surface area contributed by atoms with Crippen molar-refractivity contribution in [3.05, 3.63) is 58.1 Å². The van der Waals surface area contributed by atoms with Crippen LogP contribution in [-0.2, 0) is 20.8 Å². The first-order valence-corrected chi connectivity index (χ1v) is 12.8. The second kappa shape index (κ2) is 10.9. The van der Waals surface area contributed by atoms with E-state index in [0.717, 1.165) is 0 Å². The molecule has 40 heavy (non-hydrogen) atoms. The fraction of sp³-hybridized carbons (Fsp3) is 0.519. The zero-order valence-electron chi connectivity index (χ0n) is 21.3. The topological polar surface area (TPSA) is 227 Å². The number of aliphatic hydroxyl groups excluding tert-OH is 7. The van der Waals surface area contributed by atoms with E-state index in [-0.39, 0.29) is 40.2 Å². The molecule has 2 heterocycles. The normalized spacial score (nSPS) is 37.6. The van der Waals surface area contributed by atoms with E-state index < -0.39 is 85.3 Å². The highest BCUT2D eigenvalue weighted by atomic mass is 16.7. The summed E-state index contributed by atoms with van der Waals surface area (Å²) < 4.78 is 16.9. The number of benzene rings is 2. The lowest BCUT2D eigenvalue weighted by Gasteiger charge is -2.45. The smallest absolute Gasteiger partial charge is 0.201 e. The summed E-state index contributed by atoms with van der Waals surface area (Å²) in [7, 11) is 0. The van der Waals surface area contributed by atoms with Gasteiger partial charge in [0.1, 0.15) is 54.2 Å². The maximum absolute atomic E-state index is 13.5. The van der Waals surface area contributed by atoms with Crippen LogP contribution in [0.25, 0.3) is 0 Å². The minimum absolute atomic E-state index is 0.142. The number of ether oxygens (including phenoxy) is 3. The van der Waals surface area contributed by atoms with E-state index in [0.29, 0.717) is 0 Å². The van der Waals surface area contributed by atoms with Gasteiger partial charge in [0.05, 0.1) is 36.5 Å². The Kier molecular flexibility index (Phi) is 7.89. The number of phenols is 2. The highest BCUT2D eigenvalue weighted by molar-refractivity contribution is 6.16. The molecule has 0 aromatic heterocycles. The Balaban J connectivity index is 1.55. The van der Waals surface area contributed by atoms with Gasteiger partial charge in [0.2, 0.25) is 5.78 Å². The Bertz CT molecular complexity index is 1270. The van der Waals surface area contributed by atoms with Crippen molar-refractivity contribution >= 4 is 5.78 Å². The molecule has 2 aliphatic heterocycles. The summed E-state index contributed by atoms with van der Waals surface area (Å²) in [4.78, 5) is 13.5. The monoisotopic (exact) mass is 564 g/mol. The summed E-state index contributed by atoms with van der Waals surface area (Å²) in [6, 6.07) is 6.99. The first kappa shape index (κ1) is 28.8. The average Bonchev–Trinajstić information content (AvgIpc) is 2.92. The molecule has 0 spiro atoms. The predicted octanol–water partition coefficient (Wildman–Crippen LogP) is -2.04. The largest absolute Gasteiger partial charge is 0.507 e. The van der Waals surface area contributed by atoms with Crippen molar-refractivity contribution in [3.8, 4) is 11.5 Å². The van der Waals surface area contributed by atoms with Crippen LogP contribution >= 0.6 is 0 Å². The number of aliphatic hydroxyl groups is 7. The summed E-state index contributed by atoms with van der Waals surface area (Å²) in [5.41, 5.74) is 0.319. The van der Waals surface area contributed by atoms with Crippen LogP contribution in [0.15, 0.2) is 30.3 Å². The zero-order valence-corrected chi connectivity index (χ0v) is 21.3. The van der Waals surface area contributed by atoms with Gasteiger partial charge >= 0.3 is 0 Å². The second-order valence-corrected chi connectivity index (χ2v) is 10.4. The van der Waals surface area contributed by atoms with E-state index in [2.05, 4.69) is 0 Å². The first-order chi connectivity index (χ1) is 19.0. The quantitative estimate of drug-likeness (QED) is 0.191. The molecule has 218 valence electrons. The number of aromatic hydroxyl groups is 2. The van der Waals surface area contributed by atoms with E-state index in [9.17, 15) is 50.8 Å². The molecular weight excluding hydrogens is 532 g/mol. The third-order valence-electron chi connectivity index (χ3n) is 7.89. The van der Waals surface area contributed by atoms with Crippen LogP contribution in [0.5, 0.6) is 11.5 Å². The molecule has 11 atom stereocenters. The Morgan fingerprint density at radius 3 is 2.17 bits per heavy atom. The van der Waals surface area contributed by atoms with Gasteiger partial charge in [-0.3, -0.25) is 4.79 Å². The van der Waals surface area contributed by atoms with Gasteiger partial charge in [0, 0.05) is 5.92 Å². The van der Waals surface area contributed by atoms with Gasteiger partial charge in [-0.1, -0.05) is 18.2 Å². The molecule has 2 aromatic rings. The third-order valence-corrected chi connectivity index (χ3v) is 7.89. The Morgan fingerprint density at radius 2 is 1.48 bits per heavy atom. The summed E-state index contributed by atoms with van der Waals surface area (Å²) in [6.07, 6.45) is -14.2. The highest BCUT2D eigenvalue weighted by Gasteiger charge is 2.50. The van der Waals surface area contributed by atoms with Crippen molar-refractivity contribution in [2.75, 3.05) is 6.61 Å². The van der Waals surface area contributed by atoms with Crippen molar-refractivity contribution in [1.29, 1.82) is 0 Å². The number of hydrogen-bond acceptors (Lipinski definition) is 13. The Hall–Kier alpha value is -2.69. The maximum Gasteiger partial charge on any atom is 0.201 e. The van der Waals surface area contributed by atoms with Crippen molar-refractivity contribution in [1.82, 2.24) is 0 Å². The molecule has 2 fully saturated rings. The van der Waals surface area contributed by atoms with Gasteiger partial charge in [0.25, 0.3) is 0 Å². The van der Waals surface area contributed by atoms with E-state index >= 15 is 0 Å². The van der Waals surface area contributed by atoms with E-state index in [1.807, 2.05) is 0 Å². The lowest BCUT2D eigenvalue weighted by atomic mass is 9.71. The average molecular weight is 565 g/mol. The van der Waals surface area contributed by atoms with Gasteiger partial charge in [-0.15, -0.1) is 0 Å². The summed E-state index contributed by atoms with van der Waals surface area (Å²) in [5.74, 6) is -2.64. The molecule has 2 aromatic carbocycles. The summed E-state index contributed by atoms with van der Waals surface area (Å²) >= 11 is 0. The number of fused-ring (bicyclic) bond motifs is 2. The molecule has 5 rings (SSSR count). The number of carbonyl (C=O) groups excluding carboxylic acids is 1. The van der Waals surface area contributed by atoms with Crippen LogP contribution in [-0.4, -0.2) is 120 Å². The van der Waals surface area contributed by atoms with E-state index in [1.54, 1.807) is 0 Å². The fourth-order valence-electron chi connectivity index (χ4n) is 5.73. The van der Waals surface area contributed by atoms with Crippen LogP contribution < -0.4 is 0 Å². The molecule has 0 saturated carbocycles. The van der Waals surface area contributed by atoms with Crippen molar-refractivity contribution in [3.63, 3.8) is 0 Å². The van der Waals surface area contributed by atoms with Crippen molar-refractivity contribution in [2.45, 2.75) is 80.7 Å². The number of rotatable bonds is 5. The summed E-state index contributed by atoms with van der Waals surface area (Å²) in [5, 5.41) is 93.2. The molecule has 13 heteroatoms. The van der Waals surface area contributed by atoms with Gasteiger partial charge in [-0.25, -0.2) is 0 Å². The van der Waals surface area contributed by atoms with Crippen molar-refractivity contribution < 1.29 is 65.0 Å². The SMILES string of the molecule is C[C@@H]1O[C@@H](OCc2cc(O)c3c(c2)[C@@H]([C@@H]2O[C@H](CO)[C@@H](O)[C@H](O)[C@H]2O)c2cccc(O)c2C3=O)[C@H](O)[C@H](O)[C@H]1O. The minimum Gasteiger partial charge on any atom is -0.507 e. The van der Waals surface area contributed by atoms with Gasteiger partial charge < -0.3 is 60.2 Å². The lowest BCUT2D eigenvalue weighted by Crippen LogP contribution is -2.60. The highest BCUT2D eigenvalue weighted by Crippen LogP contribution is 2.47. The molecule has 0 radical (unpaired) electrons. The Morgan fingerprint density at radius 1 is 0.800 bits per heavy atom. The minimum atomic E-state index is -1.72. The number of carbonyl (C=O) groups is 1. The predicted molar refractivity (Wildman–Crippen MR) is 132 cm³/mol. The number of ketones is 1. The van der Waals surface area contributed by atoms with Crippen LogP contribution in [0.2, 0.25) is 0 Å². The Labute approximate surface area is 228 Å². The standard InChI is InChI=1S/C27H32O13/c1-9-19(31)22(34)25(37)27(39-9)38-8-10-5-12-16(26-24(36)23(35)20(32)15(7-28)40-26)11-3-2-4-13(29)17(11)21(33)18(12)14(30)6-10/h2-6,9,15-16,19-20,22-32,34-37H,7-8H2,1H3/t9-,15+,16-,19-,20+,22+,23-,24+,25+,26-,27+/m0/s1. The maximum atomic E-state index is 13.5. The first-order valence-electron chi connectivity index (χ1n) is 12.8. The second-order valence-electron chi connectivity index (χ2n) is 10.4. The lowest BCUT2D eigenvalue weighted by molar-refractivity contribution is -0.296. The van der Waals surface area contributed by atoms with Gasteiger partial charge in [-0.2, -0.15) is 0 Å². The van der Waals surface area contributed by atoms with Crippen LogP contribution in [0.4, 0.5) is 0 Å². The molecule has 0 bridgehead atoms. The number of phenolic OH excluding ortho intramolecular Hbond substituents is 2. The summed E-state index contributed by atoms with van der Waals surface area (Å²) in [6.45, 7) is 0.514. The van der Waals surface area contributed by atoms with E-state index in [4.69, 9.17) is 14.2 Å². The third kappa shape index (κ3) is 4.67. The number of hydrogen-bond donors (Lipinski definition) is 9. The molecule has 0 amide bonds. The van der Waals surface area contributed by atoms with Crippen molar-refractivity contribution in [2.24, 2.45) is 0 Å². The molecular formula is C27H32O13. The molecule has 0 unspecified atom stereocenters. The van der Waals surface area contributed by atoms with Crippen LogP contribution in [0.1, 0.15) is 45.5 Å². The van der Waals surface area contributed by atoms with Crippen LogP contribution in [0.3, 0.4) is 0 Å². The zero-order chi connectivity index (χ0) is 29.0. The van der Waals surface area contributed by atoms with Crippen LogP contribution in [0, 0.1) is 0 Å². The molecule has 1 aliphatic carbocycles. The molecule has 2 saturated heterocycles. The van der Waals surface area contributed by atoms with E-state index in [1.165, 1.54) is 37.3 Å².